The number of phenols is 1. The topological polar surface area (TPSA) is 120 Å². The summed E-state index contributed by atoms with van der Waals surface area (Å²) in [6, 6.07) is 10.4. The number of aromatic amines is 1. The Balaban J connectivity index is 1.77. The van der Waals surface area contributed by atoms with E-state index < -0.39 is 11.5 Å². The Kier molecular flexibility index (Phi) is 4.72. The van der Waals surface area contributed by atoms with E-state index in [4.69, 9.17) is 4.11 Å². The Labute approximate surface area is 193 Å². The predicted molar refractivity (Wildman–Crippen MR) is 125 cm³/mol. The lowest BCUT2D eigenvalue weighted by Gasteiger charge is -2.07. The summed E-state index contributed by atoms with van der Waals surface area (Å²) in [5, 5.41) is 30.9. The summed E-state index contributed by atoms with van der Waals surface area (Å²) in [6.07, 6.45) is 0. The van der Waals surface area contributed by atoms with Crippen molar-refractivity contribution in [1.82, 2.24) is 9.78 Å². The number of aryl methyl sites for hydroxylation is 1. The van der Waals surface area contributed by atoms with Gasteiger partial charge in [0.2, 0.25) is 0 Å². The molecule has 0 radical (unpaired) electrons. The number of rotatable bonds is 5. The molecule has 0 amide bonds. The molecule has 8 nitrogen and oxygen atoms in total. The largest absolute Gasteiger partial charge is 0.505 e. The van der Waals surface area contributed by atoms with Gasteiger partial charge in [-0.2, -0.15) is 0 Å². The summed E-state index contributed by atoms with van der Waals surface area (Å²) in [6.45, 7) is 4.89. The number of H-pyrrole nitrogens is 1. The first-order valence-electron chi connectivity index (χ1n) is 11.5. The van der Waals surface area contributed by atoms with E-state index in [1.165, 1.54) is 18.2 Å². The molecule has 4 rings (SSSR count). The highest BCUT2D eigenvalue weighted by Gasteiger charge is 2.14. The minimum absolute atomic E-state index is 0.0470. The summed E-state index contributed by atoms with van der Waals surface area (Å²) in [7, 11) is 0. The van der Waals surface area contributed by atoms with Gasteiger partial charge in [0, 0.05) is 5.56 Å². The van der Waals surface area contributed by atoms with E-state index >= 15 is 0 Å². The lowest BCUT2D eigenvalue weighted by atomic mass is 10.0. The zero-order chi connectivity index (χ0) is 26.3. The molecule has 33 heavy (non-hydrogen) atoms. The lowest BCUT2D eigenvalue weighted by molar-refractivity contribution is 0.0697. The van der Waals surface area contributed by atoms with Crippen molar-refractivity contribution in [1.29, 1.82) is 0 Å². The van der Waals surface area contributed by atoms with Gasteiger partial charge in [-0.1, -0.05) is 30.3 Å². The number of hydrogen-bond acceptors (Lipinski definition) is 5. The van der Waals surface area contributed by atoms with E-state index in [2.05, 4.69) is 15.3 Å². The number of nitrogens with zero attached hydrogens (tertiary/aromatic N) is 3. The molecule has 1 aromatic heterocycles. The number of carbonyl (C=O) groups is 1. The van der Waals surface area contributed by atoms with Gasteiger partial charge in [0.05, 0.1) is 21.1 Å². The Hall–Kier alpha value is -4.46. The number of benzene rings is 3. The summed E-state index contributed by atoms with van der Waals surface area (Å²) < 4.78 is 25.8. The number of hydrogen-bond donors (Lipinski definition) is 3. The molecule has 0 saturated carbocycles. The fourth-order valence-electron chi connectivity index (χ4n) is 3.24. The number of azo groups is 1. The van der Waals surface area contributed by atoms with Gasteiger partial charge in [-0.25, -0.2) is 9.48 Å². The molecule has 0 fully saturated rings. The zero-order valence-electron chi connectivity index (χ0n) is 21.1. The van der Waals surface area contributed by atoms with Crippen LogP contribution >= 0.6 is 0 Å². The highest BCUT2D eigenvalue weighted by Crippen LogP contribution is 2.38. The first kappa shape index (κ1) is 18.1. The van der Waals surface area contributed by atoms with E-state index in [0.29, 0.717) is 27.9 Å². The number of carboxylic acids is 1. The van der Waals surface area contributed by atoms with Crippen molar-refractivity contribution in [2.45, 2.75) is 20.8 Å². The normalized spacial score (nSPS) is 12.5. The van der Waals surface area contributed by atoms with Gasteiger partial charge in [0.15, 0.2) is 11.4 Å². The quantitative estimate of drug-likeness (QED) is 0.347. The molecule has 0 saturated heterocycles. The van der Waals surface area contributed by atoms with Crippen LogP contribution in [0.15, 0.2) is 75.6 Å². The summed E-state index contributed by atoms with van der Waals surface area (Å²) in [4.78, 5) is 24.4. The first-order valence-corrected chi connectivity index (χ1v) is 9.99. The summed E-state index contributed by atoms with van der Waals surface area (Å²) >= 11 is 0. The van der Waals surface area contributed by atoms with Crippen LogP contribution in [0.25, 0.3) is 16.8 Å². The number of aromatic carboxylic acids is 1. The van der Waals surface area contributed by atoms with Gasteiger partial charge in [-0.15, -0.1) is 10.2 Å². The van der Waals surface area contributed by atoms with Crippen LogP contribution in [0.2, 0.25) is 0 Å². The maximum atomic E-state index is 13.1. The molecule has 0 aliphatic heterocycles. The molecule has 4 aromatic rings. The lowest BCUT2D eigenvalue weighted by Crippen LogP contribution is -2.14. The average Bonchev–Trinajstić information content (AvgIpc) is 3.13. The smallest absolute Gasteiger partial charge is 0.335 e. The van der Waals surface area contributed by atoms with Gasteiger partial charge < -0.3 is 10.2 Å². The third-order valence-electron chi connectivity index (χ3n) is 5.19. The molecule has 0 bridgehead atoms. The number of aromatic hydroxyl groups is 1. The molecule has 0 aliphatic carbocycles. The molecule has 0 unspecified atom stereocenters. The van der Waals surface area contributed by atoms with E-state index in [-0.39, 0.29) is 46.5 Å². The number of nitrogens with one attached hydrogen (secondary N) is 1. The minimum Gasteiger partial charge on any atom is -0.505 e. The van der Waals surface area contributed by atoms with Crippen molar-refractivity contribution in [2.24, 2.45) is 10.2 Å². The van der Waals surface area contributed by atoms with Crippen LogP contribution in [-0.2, 0) is 0 Å². The van der Waals surface area contributed by atoms with E-state index in [1.54, 1.807) is 45.0 Å². The third kappa shape index (κ3) is 4.18. The van der Waals surface area contributed by atoms with Crippen molar-refractivity contribution in [3.8, 4) is 22.6 Å². The predicted octanol–water partition coefficient (Wildman–Crippen LogP) is 5.58. The second-order valence-electron chi connectivity index (χ2n) is 7.46. The van der Waals surface area contributed by atoms with Crippen LogP contribution < -0.4 is 5.56 Å². The van der Waals surface area contributed by atoms with Crippen LogP contribution in [0.4, 0.5) is 11.4 Å². The molecule has 0 aliphatic rings. The van der Waals surface area contributed by atoms with Gasteiger partial charge in [0.1, 0.15) is 5.69 Å². The van der Waals surface area contributed by atoms with Gasteiger partial charge >= 0.3 is 5.97 Å². The Morgan fingerprint density at radius 3 is 2.58 bits per heavy atom. The summed E-state index contributed by atoms with van der Waals surface area (Å²) in [5.74, 6) is -1.34. The Bertz CT molecular complexity index is 1590. The van der Waals surface area contributed by atoms with Gasteiger partial charge in [0.25, 0.3) is 5.56 Å². The average molecular weight is 445 g/mol. The fraction of sp³-hybridized carbons (Fsp3) is 0.120. The number of para-hydroxylation sites is 1. The Morgan fingerprint density at radius 1 is 1.06 bits per heavy atom. The van der Waals surface area contributed by atoms with Crippen LogP contribution in [0.1, 0.15) is 31.3 Å². The number of aromatic nitrogens is 2. The van der Waals surface area contributed by atoms with E-state index in [1.807, 2.05) is 0 Å². The second-order valence-corrected chi connectivity index (χ2v) is 7.46. The van der Waals surface area contributed by atoms with Gasteiger partial charge in [-0.05, 0) is 67.7 Å². The van der Waals surface area contributed by atoms with Crippen LogP contribution in [0, 0.1) is 20.8 Å². The monoisotopic (exact) mass is 445 g/mol. The van der Waals surface area contributed by atoms with Crippen molar-refractivity contribution < 1.29 is 19.1 Å². The van der Waals surface area contributed by atoms with Crippen molar-refractivity contribution in [3.63, 3.8) is 0 Å². The molecule has 166 valence electrons. The molecular weight excluding hydrogens is 420 g/mol. The molecule has 3 aromatic carbocycles. The molecule has 0 atom stereocenters. The van der Waals surface area contributed by atoms with Crippen LogP contribution in [-0.4, -0.2) is 26.0 Å². The maximum absolute atomic E-state index is 13.1. The first-order chi connectivity index (χ1) is 17.0. The second kappa shape index (κ2) is 8.58. The highest BCUT2D eigenvalue weighted by molar-refractivity contribution is 5.90. The van der Waals surface area contributed by atoms with Crippen LogP contribution in [0.3, 0.4) is 0 Å². The molecule has 3 N–H and O–H groups in total. The van der Waals surface area contributed by atoms with Gasteiger partial charge in [-0.3, -0.25) is 9.89 Å². The number of carboxylic acid groups (broad SMARTS) is 1. The van der Waals surface area contributed by atoms with E-state index in [9.17, 15) is 19.8 Å². The minimum atomic E-state index is -1.10. The third-order valence-corrected chi connectivity index (χ3v) is 5.19. The molecular formula is C25H22N4O4. The standard InChI is InChI=1S/C25H22N4O4/c1-14-10-11-19(12-15(14)2)29-24(31)22(16(3)28-29)27-26-21-9-5-8-20(23(21)30)17-6-4-7-18(13-17)25(32)33/h4-13,28,30H,1-3H3,(H,32,33)/i10D,11D,12D. The fourth-order valence-corrected chi connectivity index (χ4v) is 3.24. The highest BCUT2D eigenvalue weighted by atomic mass is 16.4. The molecule has 8 heteroatoms. The van der Waals surface area contributed by atoms with Crippen molar-refractivity contribution >= 4 is 17.3 Å². The van der Waals surface area contributed by atoms with Crippen molar-refractivity contribution in [3.05, 3.63) is 93.3 Å². The SMILES string of the molecule is [2H]c1c([2H])c(-n2[nH]c(C)c(N=Nc3cccc(-c4cccc(C(=O)O)c4)c3O)c2=O)c([2H])c(C)c1C. The maximum Gasteiger partial charge on any atom is 0.335 e. The van der Waals surface area contributed by atoms with Crippen LogP contribution in [0.5, 0.6) is 5.75 Å². The summed E-state index contributed by atoms with van der Waals surface area (Å²) in [5.41, 5.74) is 1.43. The van der Waals surface area contributed by atoms with Crippen molar-refractivity contribution in [2.75, 3.05) is 0 Å². The van der Waals surface area contributed by atoms with E-state index in [0.717, 1.165) is 4.68 Å². The molecule has 1 heterocycles. The zero-order valence-corrected chi connectivity index (χ0v) is 18.1. The Morgan fingerprint density at radius 2 is 1.82 bits per heavy atom. The molecule has 0 spiro atoms. The number of phenolic OH excluding ortho intramolecular Hbond substituents is 1.